The van der Waals surface area contributed by atoms with Gasteiger partial charge in [-0.05, 0) is 32.4 Å². The fourth-order valence-corrected chi connectivity index (χ4v) is 1.92. The molecule has 0 aromatic rings. The smallest absolute Gasteiger partial charge is 0.0152 e. The minimum atomic E-state index is 0.653. The van der Waals surface area contributed by atoms with Gasteiger partial charge in [0.05, 0.1) is 0 Å². The van der Waals surface area contributed by atoms with Crippen LogP contribution in [0.4, 0.5) is 0 Å². The van der Waals surface area contributed by atoms with Crippen LogP contribution in [0.2, 0.25) is 0 Å². The quantitative estimate of drug-likeness (QED) is 0.550. The molecule has 0 aromatic heterocycles. The fraction of sp³-hybridized carbons (Fsp3) is 0.800. The van der Waals surface area contributed by atoms with Crippen molar-refractivity contribution in [2.75, 3.05) is 13.6 Å². The molecular formula is C10H19N. The van der Waals surface area contributed by atoms with Crippen molar-refractivity contribution in [2.45, 2.75) is 32.2 Å². The Morgan fingerprint density at radius 2 is 2.27 bits per heavy atom. The van der Waals surface area contributed by atoms with Gasteiger partial charge in [0.1, 0.15) is 0 Å². The summed E-state index contributed by atoms with van der Waals surface area (Å²) in [5.41, 5.74) is 0. The second kappa shape index (κ2) is 3.91. The number of rotatable bonds is 2. The summed E-state index contributed by atoms with van der Waals surface area (Å²) in [6.07, 6.45) is 6.19. The normalized spacial score (nSPS) is 29.8. The predicted octanol–water partition coefficient (Wildman–Crippen LogP) is 2.29. The summed E-state index contributed by atoms with van der Waals surface area (Å²) in [5, 5.41) is 0. The zero-order valence-corrected chi connectivity index (χ0v) is 7.71. The number of likely N-dealkylation sites (tertiary alicyclic amines) is 1. The maximum absolute atomic E-state index is 3.84. The lowest BCUT2D eigenvalue weighted by molar-refractivity contribution is 0.154. The molecular weight excluding hydrogens is 134 g/mol. The molecule has 0 aromatic carbocycles. The Morgan fingerprint density at radius 3 is 2.82 bits per heavy atom. The third-order valence-electron chi connectivity index (χ3n) is 2.81. The zero-order valence-electron chi connectivity index (χ0n) is 7.71. The Balaban J connectivity index is 2.46. The van der Waals surface area contributed by atoms with Crippen LogP contribution in [0.3, 0.4) is 0 Å². The Kier molecular flexibility index (Phi) is 3.13. The lowest BCUT2D eigenvalue weighted by atomic mass is 9.92. The molecule has 0 radical (unpaired) electrons. The molecule has 0 spiro atoms. The summed E-state index contributed by atoms with van der Waals surface area (Å²) < 4.78 is 0. The van der Waals surface area contributed by atoms with E-state index in [-0.39, 0.29) is 0 Å². The van der Waals surface area contributed by atoms with E-state index in [1.54, 1.807) is 0 Å². The molecule has 1 heterocycles. The van der Waals surface area contributed by atoms with E-state index >= 15 is 0 Å². The Morgan fingerprint density at radius 1 is 1.55 bits per heavy atom. The average Bonchev–Trinajstić information content (AvgIpc) is 2.04. The van der Waals surface area contributed by atoms with Crippen molar-refractivity contribution in [1.29, 1.82) is 0 Å². The fourth-order valence-electron chi connectivity index (χ4n) is 1.92. The first-order valence-corrected chi connectivity index (χ1v) is 4.58. The number of hydrogen-bond donors (Lipinski definition) is 0. The molecule has 0 saturated carbocycles. The van der Waals surface area contributed by atoms with Gasteiger partial charge in [-0.15, -0.1) is 6.58 Å². The van der Waals surface area contributed by atoms with Gasteiger partial charge in [-0.2, -0.15) is 0 Å². The zero-order chi connectivity index (χ0) is 8.27. The van der Waals surface area contributed by atoms with Crippen molar-refractivity contribution in [3.8, 4) is 0 Å². The molecule has 0 amide bonds. The van der Waals surface area contributed by atoms with Gasteiger partial charge in [0.25, 0.3) is 0 Å². The third kappa shape index (κ3) is 2.06. The molecule has 11 heavy (non-hydrogen) atoms. The van der Waals surface area contributed by atoms with E-state index < -0.39 is 0 Å². The van der Waals surface area contributed by atoms with E-state index in [0.29, 0.717) is 5.92 Å². The van der Waals surface area contributed by atoms with E-state index in [4.69, 9.17) is 0 Å². The summed E-state index contributed by atoms with van der Waals surface area (Å²) in [7, 11) is 2.23. The largest absolute Gasteiger partial charge is 0.303 e. The second-order valence-electron chi connectivity index (χ2n) is 3.64. The predicted molar refractivity (Wildman–Crippen MR) is 49.6 cm³/mol. The molecule has 1 rings (SSSR count). The molecule has 1 aliphatic rings. The van der Waals surface area contributed by atoms with Gasteiger partial charge in [0, 0.05) is 6.04 Å². The van der Waals surface area contributed by atoms with Crippen molar-refractivity contribution in [3.05, 3.63) is 12.7 Å². The average molecular weight is 153 g/mol. The molecule has 1 heteroatoms. The standard InChI is InChI=1S/C10H19N/c1-4-9(2)10-7-5-6-8-11(10)3/h4,9-10H,1,5-8H2,2-3H3/t9-,10+/m1/s1. The Labute approximate surface area is 70.1 Å². The summed E-state index contributed by atoms with van der Waals surface area (Å²) in [6, 6.07) is 0.751. The number of nitrogens with zero attached hydrogens (tertiary/aromatic N) is 1. The topological polar surface area (TPSA) is 3.24 Å². The molecule has 1 saturated heterocycles. The highest BCUT2D eigenvalue weighted by Crippen LogP contribution is 2.21. The van der Waals surface area contributed by atoms with Crippen LogP contribution in [-0.4, -0.2) is 24.5 Å². The lowest BCUT2D eigenvalue weighted by Crippen LogP contribution is -2.39. The minimum Gasteiger partial charge on any atom is -0.303 e. The van der Waals surface area contributed by atoms with E-state index in [0.717, 1.165) is 6.04 Å². The van der Waals surface area contributed by atoms with Crippen LogP contribution in [0.5, 0.6) is 0 Å². The molecule has 0 bridgehead atoms. The van der Waals surface area contributed by atoms with Crippen LogP contribution in [0.15, 0.2) is 12.7 Å². The van der Waals surface area contributed by atoms with Crippen molar-refractivity contribution in [3.63, 3.8) is 0 Å². The SMILES string of the molecule is C=C[C@@H](C)[C@@H]1CCCCN1C. The van der Waals surface area contributed by atoms with Gasteiger partial charge in [0.2, 0.25) is 0 Å². The van der Waals surface area contributed by atoms with Crippen LogP contribution in [0.1, 0.15) is 26.2 Å². The van der Waals surface area contributed by atoms with Crippen LogP contribution in [-0.2, 0) is 0 Å². The van der Waals surface area contributed by atoms with Gasteiger partial charge in [-0.25, -0.2) is 0 Å². The molecule has 0 N–H and O–H groups in total. The first-order valence-electron chi connectivity index (χ1n) is 4.58. The van der Waals surface area contributed by atoms with Crippen LogP contribution in [0, 0.1) is 5.92 Å². The van der Waals surface area contributed by atoms with E-state index in [9.17, 15) is 0 Å². The van der Waals surface area contributed by atoms with Gasteiger partial charge in [-0.1, -0.05) is 19.4 Å². The van der Waals surface area contributed by atoms with Crippen molar-refractivity contribution in [2.24, 2.45) is 5.92 Å². The maximum atomic E-state index is 3.84. The van der Waals surface area contributed by atoms with Gasteiger partial charge >= 0.3 is 0 Å². The van der Waals surface area contributed by atoms with E-state index in [1.165, 1.54) is 25.8 Å². The lowest BCUT2D eigenvalue weighted by Gasteiger charge is -2.35. The van der Waals surface area contributed by atoms with Crippen molar-refractivity contribution < 1.29 is 0 Å². The summed E-state index contributed by atoms with van der Waals surface area (Å²) in [5.74, 6) is 0.653. The molecule has 2 atom stereocenters. The summed E-state index contributed by atoms with van der Waals surface area (Å²) >= 11 is 0. The van der Waals surface area contributed by atoms with Crippen LogP contribution >= 0.6 is 0 Å². The van der Waals surface area contributed by atoms with E-state index in [1.807, 2.05) is 0 Å². The van der Waals surface area contributed by atoms with Crippen molar-refractivity contribution in [1.82, 2.24) is 4.90 Å². The minimum absolute atomic E-state index is 0.653. The molecule has 64 valence electrons. The summed E-state index contributed by atoms with van der Waals surface area (Å²) in [6.45, 7) is 7.37. The molecule has 1 nitrogen and oxygen atoms in total. The van der Waals surface area contributed by atoms with Crippen LogP contribution < -0.4 is 0 Å². The first kappa shape index (κ1) is 8.79. The van der Waals surface area contributed by atoms with Crippen molar-refractivity contribution >= 4 is 0 Å². The highest BCUT2D eigenvalue weighted by Gasteiger charge is 2.21. The van der Waals surface area contributed by atoms with Gasteiger partial charge in [0.15, 0.2) is 0 Å². The highest BCUT2D eigenvalue weighted by molar-refractivity contribution is 4.88. The Bertz CT molecular complexity index is 131. The van der Waals surface area contributed by atoms with Crippen LogP contribution in [0.25, 0.3) is 0 Å². The summed E-state index contributed by atoms with van der Waals surface area (Å²) in [4.78, 5) is 2.47. The van der Waals surface area contributed by atoms with Gasteiger partial charge in [-0.3, -0.25) is 0 Å². The third-order valence-corrected chi connectivity index (χ3v) is 2.81. The monoisotopic (exact) mass is 153 g/mol. The first-order chi connectivity index (χ1) is 5.25. The van der Waals surface area contributed by atoms with E-state index in [2.05, 4.69) is 31.5 Å². The maximum Gasteiger partial charge on any atom is 0.0152 e. The number of piperidine rings is 1. The molecule has 1 fully saturated rings. The van der Waals surface area contributed by atoms with Gasteiger partial charge < -0.3 is 4.90 Å². The number of hydrogen-bond acceptors (Lipinski definition) is 1. The molecule has 0 aliphatic carbocycles. The molecule has 0 unspecified atom stereocenters. The highest BCUT2D eigenvalue weighted by atomic mass is 15.1. The Hall–Kier alpha value is -0.300. The molecule has 1 aliphatic heterocycles. The second-order valence-corrected chi connectivity index (χ2v) is 3.64.